The molecule has 2 aromatic heterocycles. The van der Waals surface area contributed by atoms with Crippen LogP contribution >= 0.6 is 0 Å². The Morgan fingerprint density at radius 3 is 3.00 bits per heavy atom. The first-order valence-electron chi connectivity index (χ1n) is 6.16. The molecule has 112 valence electrons. The summed E-state index contributed by atoms with van der Waals surface area (Å²) in [5, 5.41) is 18.9. The molecule has 0 radical (unpaired) electrons. The number of nitrogen functional groups attached to an aromatic ring is 1. The third-order valence-corrected chi connectivity index (χ3v) is 2.96. The van der Waals surface area contributed by atoms with Gasteiger partial charge in [0, 0.05) is 11.6 Å². The molecule has 0 atom stereocenters. The van der Waals surface area contributed by atoms with Gasteiger partial charge in [0.25, 0.3) is 0 Å². The highest BCUT2D eigenvalue weighted by Crippen LogP contribution is 2.24. The lowest BCUT2D eigenvalue weighted by molar-refractivity contribution is 0.0696. The molecule has 3 rings (SSSR count). The summed E-state index contributed by atoms with van der Waals surface area (Å²) in [6, 6.07) is 4.90. The Morgan fingerprint density at radius 1 is 1.41 bits per heavy atom. The number of rotatable bonds is 4. The van der Waals surface area contributed by atoms with Crippen LogP contribution in [0.5, 0.6) is 5.75 Å². The summed E-state index contributed by atoms with van der Waals surface area (Å²) in [5.41, 5.74) is 6.40. The number of nitrogens with one attached hydrogen (secondary N) is 1. The van der Waals surface area contributed by atoms with Crippen LogP contribution in [0.1, 0.15) is 15.9 Å². The molecule has 0 saturated heterocycles. The minimum absolute atomic E-state index is 0.0270. The number of nitrogens with two attached hydrogens (primary N) is 1. The normalized spacial score (nSPS) is 10.8. The quantitative estimate of drug-likeness (QED) is 0.663. The lowest BCUT2D eigenvalue weighted by Gasteiger charge is -2.08. The highest BCUT2D eigenvalue weighted by Gasteiger charge is 2.12. The van der Waals surface area contributed by atoms with Crippen LogP contribution in [0.3, 0.4) is 0 Å². The molecule has 0 aliphatic carbocycles. The number of aromatic amines is 1. The number of halogens is 1. The van der Waals surface area contributed by atoms with Crippen LogP contribution in [-0.2, 0) is 6.61 Å². The molecule has 8 nitrogen and oxygen atoms in total. The molecular weight excluding hydrogens is 293 g/mol. The Kier molecular flexibility index (Phi) is 3.30. The number of ether oxygens (including phenoxy) is 1. The fraction of sp³-hybridized carbons (Fsp3) is 0.0769. The van der Waals surface area contributed by atoms with Gasteiger partial charge in [-0.3, -0.25) is 0 Å². The molecule has 1 aromatic carbocycles. The number of pyridine rings is 1. The maximum absolute atomic E-state index is 13.7. The number of fused-ring (bicyclic) bond motifs is 1. The second-order valence-electron chi connectivity index (χ2n) is 4.45. The number of hydrogen-bond donors (Lipinski definition) is 3. The van der Waals surface area contributed by atoms with Gasteiger partial charge in [-0.2, -0.15) is 0 Å². The van der Waals surface area contributed by atoms with Crippen molar-refractivity contribution in [3.63, 3.8) is 0 Å². The fourth-order valence-corrected chi connectivity index (χ4v) is 1.91. The zero-order valence-corrected chi connectivity index (χ0v) is 11.1. The number of carboxylic acids is 1. The standard InChI is InChI=1S/C13H10FN5O3/c14-8-2-1-6(13(20)21)3-7(8)5-22-9-4-10(15)16-12-11(9)17-19-18-12/h1-4H,5H2,(H,20,21)(H3,15,16,17,18,19). The number of nitrogens with zero attached hydrogens (tertiary/aromatic N) is 3. The Balaban J connectivity index is 1.89. The molecule has 0 amide bonds. The van der Waals surface area contributed by atoms with Crippen LogP contribution in [-0.4, -0.2) is 31.5 Å². The molecule has 9 heteroatoms. The van der Waals surface area contributed by atoms with Crippen molar-refractivity contribution < 1.29 is 19.0 Å². The van der Waals surface area contributed by atoms with E-state index in [1.54, 1.807) is 0 Å². The first kappa shape index (κ1) is 13.7. The first-order chi connectivity index (χ1) is 10.5. The lowest BCUT2D eigenvalue weighted by atomic mass is 10.1. The summed E-state index contributed by atoms with van der Waals surface area (Å²) in [5.74, 6) is -1.25. The van der Waals surface area contributed by atoms with E-state index in [2.05, 4.69) is 20.4 Å². The monoisotopic (exact) mass is 303 g/mol. The number of hydrogen-bond acceptors (Lipinski definition) is 6. The van der Waals surface area contributed by atoms with Crippen molar-refractivity contribution in [3.05, 3.63) is 41.2 Å². The Labute approximate surface area is 122 Å². The molecule has 0 bridgehead atoms. The molecular formula is C13H10FN5O3. The van der Waals surface area contributed by atoms with Gasteiger partial charge in [0.2, 0.25) is 0 Å². The molecule has 2 heterocycles. The molecule has 22 heavy (non-hydrogen) atoms. The van der Waals surface area contributed by atoms with Crippen molar-refractivity contribution >= 4 is 23.0 Å². The number of carbonyl (C=O) groups is 1. The number of carboxylic acid groups (broad SMARTS) is 1. The second kappa shape index (κ2) is 5.28. The van der Waals surface area contributed by atoms with E-state index in [1.165, 1.54) is 18.2 Å². The minimum Gasteiger partial charge on any atom is -0.486 e. The van der Waals surface area contributed by atoms with Crippen molar-refractivity contribution in [1.82, 2.24) is 20.4 Å². The predicted octanol–water partition coefficient (Wildman–Crippen LogP) is 1.35. The third-order valence-electron chi connectivity index (χ3n) is 2.96. The summed E-state index contributed by atoms with van der Waals surface area (Å²) in [6.45, 7) is -0.182. The lowest BCUT2D eigenvalue weighted by Crippen LogP contribution is -2.04. The molecule has 0 unspecified atom stereocenters. The average Bonchev–Trinajstić information content (AvgIpc) is 2.94. The summed E-state index contributed by atoms with van der Waals surface area (Å²) >= 11 is 0. The van der Waals surface area contributed by atoms with Crippen molar-refractivity contribution in [2.45, 2.75) is 6.61 Å². The van der Waals surface area contributed by atoms with E-state index in [-0.39, 0.29) is 29.3 Å². The van der Waals surface area contributed by atoms with Crippen molar-refractivity contribution in [1.29, 1.82) is 0 Å². The Hall–Kier alpha value is -3.23. The largest absolute Gasteiger partial charge is 0.486 e. The summed E-state index contributed by atoms with van der Waals surface area (Å²) in [4.78, 5) is 14.9. The van der Waals surface area contributed by atoms with E-state index >= 15 is 0 Å². The van der Waals surface area contributed by atoms with E-state index < -0.39 is 11.8 Å². The summed E-state index contributed by atoms with van der Waals surface area (Å²) < 4.78 is 19.2. The number of aromatic carboxylic acids is 1. The average molecular weight is 303 g/mol. The first-order valence-corrected chi connectivity index (χ1v) is 6.16. The number of benzene rings is 1. The highest BCUT2D eigenvalue weighted by molar-refractivity contribution is 5.87. The zero-order valence-electron chi connectivity index (χ0n) is 11.1. The zero-order chi connectivity index (χ0) is 15.7. The van der Waals surface area contributed by atoms with Gasteiger partial charge in [-0.1, -0.05) is 5.21 Å². The van der Waals surface area contributed by atoms with Crippen molar-refractivity contribution in [3.8, 4) is 5.75 Å². The van der Waals surface area contributed by atoms with Gasteiger partial charge >= 0.3 is 5.97 Å². The number of aromatic nitrogens is 4. The van der Waals surface area contributed by atoms with Gasteiger partial charge in [-0.25, -0.2) is 19.3 Å². The summed E-state index contributed by atoms with van der Waals surface area (Å²) in [7, 11) is 0. The van der Waals surface area contributed by atoms with Gasteiger partial charge in [-0.15, -0.1) is 5.10 Å². The van der Waals surface area contributed by atoms with Gasteiger partial charge in [0.1, 0.15) is 18.2 Å². The maximum atomic E-state index is 13.7. The maximum Gasteiger partial charge on any atom is 0.335 e. The van der Waals surface area contributed by atoms with Gasteiger partial charge < -0.3 is 15.6 Å². The van der Waals surface area contributed by atoms with Gasteiger partial charge in [0.05, 0.1) is 5.56 Å². The molecule has 0 saturated carbocycles. The van der Waals surface area contributed by atoms with Crippen LogP contribution in [0.15, 0.2) is 24.3 Å². The van der Waals surface area contributed by atoms with Crippen LogP contribution in [0.25, 0.3) is 11.2 Å². The van der Waals surface area contributed by atoms with Crippen LogP contribution in [0.2, 0.25) is 0 Å². The van der Waals surface area contributed by atoms with Crippen LogP contribution in [0.4, 0.5) is 10.2 Å². The highest BCUT2D eigenvalue weighted by atomic mass is 19.1. The fourth-order valence-electron chi connectivity index (χ4n) is 1.91. The molecule has 3 aromatic rings. The molecule has 0 aliphatic rings. The van der Waals surface area contributed by atoms with Gasteiger partial charge in [0.15, 0.2) is 16.9 Å². The Bertz CT molecular complexity index is 864. The van der Waals surface area contributed by atoms with E-state index in [1.807, 2.05) is 0 Å². The Morgan fingerprint density at radius 2 is 2.23 bits per heavy atom. The van der Waals surface area contributed by atoms with E-state index in [4.69, 9.17) is 15.6 Å². The van der Waals surface area contributed by atoms with E-state index in [9.17, 15) is 9.18 Å². The topological polar surface area (TPSA) is 127 Å². The van der Waals surface area contributed by atoms with E-state index in [0.29, 0.717) is 11.2 Å². The number of anilines is 1. The molecule has 0 aliphatic heterocycles. The number of H-pyrrole nitrogens is 1. The molecule has 0 spiro atoms. The summed E-state index contributed by atoms with van der Waals surface area (Å²) in [6.07, 6.45) is 0. The molecule has 4 N–H and O–H groups in total. The predicted molar refractivity (Wildman–Crippen MR) is 73.8 cm³/mol. The van der Waals surface area contributed by atoms with Crippen molar-refractivity contribution in [2.75, 3.05) is 5.73 Å². The smallest absolute Gasteiger partial charge is 0.335 e. The van der Waals surface area contributed by atoms with Crippen LogP contribution < -0.4 is 10.5 Å². The second-order valence-corrected chi connectivity index (χ2v) is 4.45. The third kappa shape index (κ3) is 2.51. The van der Waals surface area contributed by atoms with Crippen molar-refractivity contribution in [2.24, 2.45) is 0 Å². The van der Waals surface area contributed by atoms with Crippen LogP contribution in [0, 0.1) is 5.82 Å². The van der Waals surface area contributed by atoms with Gasteiger partial charge in [-0.05, 0) is 18.2 Å². The minimum atomic E-state index is -1.15. The van der Waals surface area contributed by atoms with E-state index in [0.717, 1.165) is 6.07 Å². The SMILES string of the molecule is Nc1cc(OCc2cc(C(=O)O)ccc2F)c2nn[nH]c2n1. The molecule has 0 fully saturated rings.